The third-order valence-electron chi connectivity index (χ3n) is 20.0. The van der Waals surface area contributed by atoms with Gasteiger partial charge in [-0.1, -0.05) is 389 Å². The fourth-order valence-electron chi connectivity index (χ4n) is 13.0. The number of unbranched alkanes of at least 4 members (excludes halogenated alkanes) is 49. The van der Waals surface area contributed by atoms with Gasteiger partial charge in [-0.2, -0.15) is 0 Å². The van der Waals surface area contributed by atoms with Crippen molar-refractivity contribution < 1.29 is 80.2 Å². The molecule has 0 aliphatic rings. The molecule has 0 bridgehead atoms. The molecule has 0 aromatic carbocycles. The van der Waals surface area contributed by atoms with Gasteiger partial charge in [0.05, 0.1) is 26.4 Å². The molecule has 0 amide bonds. The molecule has 0 saturated heterocycles. The minimum atomic E-state index is -4.96. The normalized spacial score (nSPS) is 14.2. The van der Waals surface area contributed by atoms with Crippen molar-refractivity contribution in [3.63, 3.8) is 0 Å². The van der Waals surface area contributed by atoms with Crippen molar-refractivity contribution in [2.45, 2.75) is 458 Å². The molecule has 0 saturated carbocycles. The summed E-state index contributed by atoms with van der Waals surface area (Å²) in [6.07, 6.45) is 63.8. The molecular weight excluding hydrogens is 1340 g/mol. The molecule has 6 atom stereocenters. The number of phosphoric ester groups is 2. The van der Waals surface area contributed by atoms with Crippen LogP contribution in [-0.4, -0.2) is 96.7 Å². The number of carbonyl (C=O) groups excluding carboxylic acids is 4. The lowest BCUT2D eigenvalue weighted by molar-refractivity contribution is -0.161. The molecule has 0 aliphatic carbocycles. The quantitative estimate of drug-likeness (QED) is 0.0222. The number of aliphatic hydroxyl groups excluding tert-OH is 1. The fourth-order valence-corrected chi connectivity index (χ4v) is 14.6. The summed E-state index contributed by atoms with van der Waals surface area (Å²) >= 11 is 0. The number of phosphoric acid groups is 2. The maximum Gasteiger partial charge on any atom is 0.472 e. The van der Waals surface area contributed by atoms with Crippen LogP contribution in [-0.2, 0) is 65.4 Å². The number of carbonyl (C=O) groups is 4. The highest BCUT2D eigenvalue weighted by atomic mass is 31.2. The molecule has 0 rings (SSSR count). The second-order valence-electron chi connectivity index (χ2n) is 31.4. The molecule has 0 aromatic rings. The van der Waals surface area contributed by atoms with Gasteiger partial charge in [-0.3, -0.25) is 37.3 Å². The van der Waals surface area contributed by atoms with E-state index in [4.69, 9.17) is 37.0 Å². The van der Waals surface area contributed by atoms with Gasteiger partial charge in [-0.05, 0) is 43.4 Å². The molecule has 0 spiro atoms. The molecule has 612 valence electrons. The van der Waals surface area contributed by atoms with Crippen LogP contribution in [0.3, 0.4) is 0 Å². The number of aliphatic hydroxyl groups is 1. The molecular formula is C84H164O17P2. The van der Waals surface area contributed by atoms with E-state index in [0.717, 1.165) is 108 Å². The third-order valence-corrected chi connectivity index (χ3v) is 21.9. The van der Waals surface area contributed by atoms with Crippen LogP contribution in [0.25, 0.3) is 0 Å². The first-order valence-corrected chi connectivity index (χ1v) is 46.4. The summed E-state index contributed by atoms with van der Waals surface area (Å²) in [5, 5.41) is 10.7. The van der Waals surface area contributed by atoms with Crippen LogP contribution in [0.2, 0.25) is 0 Å². The molecule has 0 radical (unpaired) electrons. The number of rotatable bonds is 82. The Morgan fingerprint density at radius 2 is 0.495 bits per heavy atom. The van der Waals surface area contributed by atoms with Crippen LogP contribution in [0.15, 0.2) is 0 Å². The predicted molar refractivity (Wildman–Crippen MR) is 423 cm³/mol. The van der Waals surface area contributed by atoms with Gasteiger partial charge in [0.2, 0.25) is 0 Å². The summed E-state index contributed by atoms with van der Waals surface area (Å²) in [6, 6.07) is 0. The van der Waals surface area contributed by atoms with E-state index < -0.39 is 97.5 Å². The van der Waals surface area contributed by atoms with Gasteiger partial charge < -0.3 is 33.8 Å². The van der Waals surface area contributed by atoms with Crippen LogP contribution in [0, 0.1) is 17.8 Å². The standard InChI is InChI=1S/C84H164O17P2/c1-8-10-11-12-13-14-15-16-17-18-19-20-26-31-36-44-51-58-65-81(86)94-71-79(100-83(88)67-60-53-46-37-32-27-22-21-25-30-35-43-50-57-64-77(7)9-2)73-98-102(90,91)96-69-78(85)70-97-103(92,93)99-74-80(72-95-82(87)66-59-52-45-40-39-42-49-56-63-76(5)6)101-84(89)68-61-54-47-38-33-28-23-24-29-34-41-48-55-62-75(3)4/h75-80,85H,8-74H2,1-7H3,(H,90,91)(H,92,93)/t77?,78-,79-,80-/m1/s1. The Hall–Kier alpha value is -1.94. The highest BCUT2D eigenvalue weighted by Crippen LogP contribution is 2.45. The molecule has 19 heteroatoms. The van der Waals surface area contributed by atoms with Gasteiger partial charge in [0.1, 0.15) is 19.3 Å². The van der Waals surface area contributed by atoms with Crippen molar-refractivity contribution in [3.8, 4) is 0 Å². The lowest BCUT2D eigenvalue weighted by atomic mass is 9.99. The summed E-state index contributed by atoms with van der Waals surface area (Å²) in [5.74, 6) is 0.252. The van der Waals surface area contributed by atoms with E-state index in [0.29, 0.717) is 25.7 Å². The van der Waals surface area contributed by atoms with E-state index in [2.05, 4.69) is 48.5 Å². The summed E-state index contributed by atoms with van der Waals surface area (Å²) in [4.78, 5) is 73.2. The number of hydrogen-bond acceptors (Lipinski definition) is 15. The van der Waals surface area contributed by atoms with E-state index in [1.54, 1.807) is 0 Å². The molecule has 17 nitrogen and oxygen atoms in total. The summed E-state index contributed by atoms with van der Waals surface area (Å²) in [7, 11) is -9.93. The number of esters is 4. The Labute approximate surface area is 632 Å². The summed E-state index contributed by atoms with van der Waals surface area (Å²) in [5.41, 5.74) is 0. The minimum absolute atomic E-state index is 0.107. The third kappa shape index (κ3) is 76.6. The van der Waals surface area contributed by atoms with E-state index >= 15 is 0 Å². The summed E-state index contributed by atoms with van der Waals surface area (Å²) < 4.78 is 68.8. The number of hydrogen-bond donors (Lipinski definition) is 3. The largest absolute Gasteiger partial charge is 0.472 e. The van der Waals surface area contributed by atoms with Crippen molar-refractivity contribution in [2.24, 2.45) is 17.8 Å². The average molecular weight is 1510 g/mol. The van der Waals surface area contributed by atoms with E-state index in [-0.39, 0.29) is 25.7 Å². The molecule has 0 fully saturated rings. The van der Waals surface area contributed by atoms with Crippen LogP contribution < -0.4 is 0 Å². The van der Waals surface area contributed by atoms with Gasteiger partial charge in [0.15, 0.2) is 12.2 Å². The first-order chi connectivity index (χ1) is 49.8. The Bertz CT molecular complexity index is 1990. The Kier molecular flexibility index (Phi) is 72.8. The van der Waals surface area contributed by atoms with Crippen LogP contribution in [0.1, 0.15) is 440 Å². The van der Waals surface area contributed by atoms with Gasteiger partial charge in [-0.15, -0.1) is 0 Å². The topological polar surface area (TPSA) is 237 Å². The first kappa shape index (κ1) is 101. The smallest absolute Gasteiger partial charge is 0.462 e. The van der Waals surface area contributed by atoms with Crippen molar-refractivity contribution >= 4 is 39.5 Å². The SMILES string of the molecule is CCCCCCCCCCCCCCCCCCCCC(=O)OC[C@H](COP(=O)(O)OC[C@@H](O)COP(=O)(O)OC[C@@H](COC(=O)CCCCCCCCCCC(C)C)OC(=O)CCCCCCCCCCCCCCCC(C)C)OC(=O)CCCCCCCCCCCCCCCCC(C)CC. The Morgan fingerprint density at radius 3 is 0.738 bits per heavy atom. The van der Waals surface area contributed by atoms with Crippen molar-refractivity contribution in [3.05, 3.63) is 0 Å². The Morgan fingerprint density at radius 1 is 0.282 bits per heavy atom. The van der Waals surface area contributed by atoms with E-state index in [1.165, 1.54) is 250 Å². The van der Waals surface area contributed by atoms with Gasteiger partial charge in [0.25, 0.3) is 0 Å². The van der Waals surface area contributed by atoms with Crippen LogP contribution >= 0.6 is 15.6 Å². The van der Waals surface area contributed by atoms with E-state index in [1.807, 2.05) is 0 Å². The number of ether oxygens (including phenoxy) is 4. The Balaban J connectivity index is 5.26. The van der Waals surface area contributed by atoms with Gasteiger partial charge in [-0.25, -0.2) is 9.13 Å². The fraction of sp³-hybridized carbons (Fsp3) is 0.952. The minimum Gasteiger partial charge on any atom is -0.462 e. The highest BCUT2D eigenvalue weighted by molar-refractivity contribution is 7.47. The van der Waals surface area contributed by atoms with Crippen LogP contribution in [0.5, 0.6) is 0 Å². The van der Waals surface area contributed by atoms with E-state index in [9.17, 15) is 43.2 Å². The maximum atomic E-state index is 13.1. The second kappa shape index (κ2) is 74.2. The average Bonchev–Trinajstić information content (AvgIpc) is 0.914. The van der Waals surface area contributed by atoms with Crippen molar-refractivity contribution in [1.82, 2.24) is 0 Å². The zero-order valence-corrected chi connectivity index (χ0v) is 69.6. The maximum absolute atomic E-state index is 13.1. The van der Waals surface area contributed by atoms with Crippen LogP contribution in [0.4, 0.5) is 0 Å². The molecule has 0 heterocycles. The lowest BCUT2D eigenvalue weighted by Crippen LogP contribution is -2.30. The molecule has 0 aromatic heterocycles. The zero-order chi connectivity index (χ0) is 75.8. The molecule has 0 aliphatic heterocycles. The van der Waals surface area contributed by atoms with Gasteiger partial charge in [0, 0.05) is 25.7 Å². The monoisotopic (exact) mass is 1510 g/mol. The molecule has 3 unspecified atom stereocenters. The van der Waals surface area contributed by atoms with Crippen molar-refractivity contribution in [1.29, 1.82) is 0 Å². The first-order valence-electron chi connectivity index (χ1n) is 43.4. The highest BCUT2D eigenvalue weighted by Gasteiger charge is 2.30. The lowest BCUT2D eigenvalue weighted by Gasteiger charge is -2.21. The predicted octanol–water partition coefficient (Wildman–Crippen LogP) is 25.3. The second-order valence-corrected chi connectivity index (χ2v) is 34.3. The van der Waals surface area contributed by atoms with Gasteiger partial charge >= 0.3 is 39.5 Å². The molecule has 3 N–H and O–H groups in total. The van der Waals surface area contributed by atoms with Crippen molar-refractivity contribution in [2.75, 3.05) is 39.6 Å². The summed E-state index contributed by atoms with van der Waals surface area (Å²) in [6.45, 7) is 12.0. The molecule has 103 heavy (non-hydrogen) atoms. The zero-order valence-electron chi connectivity index (χ0n) is 67.8.